The first-order chi connectivity index (χ1) is 16.0. The lowest BCUT2D eigenvalue weighted by Gasteiger charge is -2.12. The lowest BCUT2D eigenvalue weighted by Crippen LogP contribution is -2.14. The highest BCUT2D eigenvalue weighted by Crippen LogP contribution is 2.33. The maximum Gasteiger partial charge on any atom is 0.339 e. The molecule has 2 aromatic carbocycles. The Hall–Kier alpha value is -4.40. The molecule has 0 unspecified atom stereocenters. The average Bonchev–Trinajstić information content (AvgIpc) is 3.27. The highest BCUT2D eigenvalue weighted by atomic mass is 16.5. The van der Waals surface area contributed by atoms with Crippen molar-refractivity contribution in [3.8, 4) is 17.2 Å². The van der Waals surface area contributed by atoms with E-state index in [0.29, 0.717) is 40.4 Å². The number of amides is 1. The third-order valence-electron chi connectivity index (χ3n) is 4.94. The summed E-state index contributed by atoms with van der Waals surface area (Å²) in [4.78, 5) is 28.1. The van der Waals surface area contributed by atoms with E-state index in [0.717, 1.165) is 5.56 Å². The van der Waals surface area contributed by atoms with Crippen LogP contribution < -0.4 is 14.8 Å². The van der Waals surface area contributed by atoms with Gasteiger partial charge in [0.05, 0.1) is 19.0 Å². The van der Waals surface area contributed by atoms with Crippen LogP contribution in [0.15, 0.2) is 59.3 Å². The van der Waals surface area contributed by atoms with Gasteiger partial charge in [-0.15, -0.1) is 0 Å². The van der Waals surface area contributed by atoms with Gasteiger partial charge in [-0.25, -0.2) is 4.79 Å². The Morgan fingerprint density at radius 3 is 2.55 bits per heavy atom. The second kappa shape index (κ2) is 9.39. The maximum atomic E-state index is 12.3. The molecule has 4 rings (SSSR count). The van der Waals surface area contributed by atoms with Crippen molar-refractivity contribution in [3.63, 3.8) is 0 Å². The molecule has 4 aromatic rings. The molecule has 33 heavy (non-hydrogen) atoms. The van der Waals surface area contributed by atoms with Crippen molar-refractivity contribution < 1.29 is 28.7 Å². The third-order valence-corrected chi connectivity index (χ3v) is 4.94. The number of aromatic nitrogens is 2. The van der Waals surface area contributed by atoms with Crippen molar-refractivity contribution in [1.82, 2.24) is 10.1 Å². The normalized spacial score (nSPS) is 10.7. The van der Waals surface area contributed by atoms with Crippen molar-refractivity contribution in [2.24, 2.45) is 0 Å². The first kappa shape index (κ1) is 21.8. The summed E-state index contributed by atoms with van der Waals surface area (Å²) in [7, 11) is 1.41. The second-order valence-corrected chi connectivity index (χ2v) is 7.19. The summed E-state index contributed by atoms with van der Waals surface area (Å²) in [6, 6.07) is 13.4. The summed E-state index contributed by atoms with van der Waals surface area (Å²) in [6.45, 7) is 1.94. The molecule has 0 atom stereocenters. The van der Waals surface area contributed by atoms with Gasteiger partial charge in [0, 0.05) is 30.1 Å². The van der Waals surface area contributed by atoms with Crippen LogP contribution in [0.4, 0.5) is 5.82 Å². The number of carboxylic acid groups (broad SMARTS) is 1. The average molecular weight is 447 g/mol. The van der Waals surface area contributed by atoms with E-state index < -0.39 is 5.97 Å². The molecular formula is C24H21N3O6. The van der Waals surface area contributed by atoms with E-state index >= 15 is 0 Å². The molecule has 0 spiro atoms. The number of carbonyl (C=O) groups excluding carboxylic acids is 1. The zero-order chi connectivity index (χ0) is 23.4. The number of hydrogen-bond acceptors (Lipinski definition) is 7. The third kappa shape index (κ3) is 4.93. The molecule has 0 saturated carbocycles. The Labute approximate surface area is 188 Å². The van der Waals surface area contributed by atoms with Gasteiger partial charge in [0.2, 0.25) is 5.91 Å². The Balaban J connectivity index is 1.49. The number of fused-ring (bicyclic) bond motifs is 1. The van der Waals surface area contributed by atoms with Crippen molar-refractivity contribution in [2.45, 2.75) is 19.8 Å². The molecule has 0 aliphatic heterocycles. The lowest BCUT2D eigenvalue weighted by molar-refractivity contribution is -0.115. The van der Waals surface area contributed by atoms with Gasteiger partial charge in [0.25, 0.3) is 0 Å². The number of carbonyl (C=O) groups is 2. The number of methoxy groups -OCH3 is 1. The van der Waals surface area contributed by atoms with E-state index in [-0.39, 0.29) is 23.6 Å². The monoisotopic (exact) mass is 447 g/mol. The largest absolute Gasteiger partial charge is 0.496 e. The summed E-state index contributed by atoms with van der Waals surface area (Å²) in [5, 5.41) is 16.5. The standard InChI is InChI=1S/C24H21N3O6/c1-3-15-11-22(27-33-15)26-23(28)10-14-4-6-16(7-5-14)32-20-8-9-25-19-13-21(31-2)18(24(29)30)12-17(19)20/h4-9,11-13H,3,10H2,1-2H3,(H,29,30)(H,26,27,28). The predicted octanol–water partition coefficient (Wildman–Crippen LogP) is 4.47. The fourth-order valence-corrected chi connectivity index (χ4v) is 3.29. The molecular weight excluding hydrogens is 426 g/mol. The van der Waals surface area contributed by atoms with Crippen LogP contribution in [0.3, 0.4) is 0 Å². The minimum Gasteiger partial charge on any atom is -0.496 e. The van der Waals surface area contributed by atoms with Crippen LogP contribution in [-0.2, 0) is 17.6 Å². The molecule has 168 valence electrons. The SMILES string of the molecule is CCc1cc(NC(=O)Cc2ccc(Oc3ccnc4cc(OC)c(C(=O)O)cc34)cc2)no1. The van der Waals surface area contributed by atoms with Crippen molar-refractivity contribution in [3.05, 3.63) is 71.6 Å². The highest BCUT2D eigenvalue weighted by Gasteiger charge is 2.16. The summed E-state index contributed by atoms with van der Waals surface area (Å²) in [5.41, 5.74) is 1.35. The minimum absolute atomic E-state index is 0.0161. The number of rotatable bonds is 8. The van der Waals surface area contributed by atoms with Crippen LogP contribution in [-0.4, -0.2) is 34.2 Å². The van der Waals surface area contributed by atoms with Gasteiger partial charge >= 0.3 is 5.97 Å². The Morgan fingerprint density at radius 2 is 1.88 bits per heavy atom. The van der Waals surface area contributed by atoms with Crippen molar-refractivity contribution in [2.75, 3.05) is 12.4 Å². The zero-order valence-corrected chi connectivity index (χ0v) is 18.0. The lowest BCUT2D eigenvalue weighted by atomic mass is 10.1. The van der Waals surface area contributed by atoms with Crippen LogP contribution in [0.25, 0.3) is 10.9 Å². The van der Waals surface area contributed by atoms with E-state index in [1.54, 1.807) is 48.7 Å². The number of anilines is 1. The van der Waals surface area contributed by atoms with E-state index in [2.05, 4.69) is 15.5 Å². The Bertz CT molecular complexity index is 1310. The summed E-state index contributed by atoms with van der Waals surface area (Å²) >= 11 is 0. The highest BCUT2D eigenvalue weighted by molar-refractivity contribution is 5.98. The number of carboxylic acids is 1. The van der Waals surface area contributed by atoms with Crippen molar-refractivity contribution in [1.29, 1.82) is 0 Å². The van der Waals surface area contributed by atoms with Crippen LogP contribution in [0.5, 0.6) is 17.2 Å². The van der Waals surface area contributed by atoms with E-state index in [1.165, 1.54) is 13.2 Å². The van der Waals surface area contributed by atoms with E-state index in [1.807, 2.05) is 6.92 Å². The Kier molecular flexibility index (Phi) is 6.21. The summed E-state index contributed by atoms with van der Waals surface area (Å²) in [6.07, 6.45) is 2.43. The van der Waals surface area contributed by atoms with Gasteiger partial charge in [0.15, 0.2) is 5.82 Å². The summed E-state index contributed by atoms with van der Waals surface area (Å²) in [5.74, 6) is 0.969. The van der Waals surface area contributed by atoms with Gasteiger partial charge in [0.1, 0.15) is 28.6 Å². The van der Waals surface area contributed by atoms with Gasteiger partial charge in [-0.2, -0.15) is 0 Å². The molecule has 0 aliphatic carbocycles. The molecule has 2 heterocycles. The van der Waals surface area contributed by atoms with E-state index in [4.69, 9.17) is 14.0 Å². The minimum atomic E-state index is -1.11. The number of nitrogens with one attached hydrogen (secondary N) is 1. The first-order valence-electron chi connectivity index (χ1n) is 10.2. The number of aromatic carboxylic acids is 1. The molecule has 0 radical (unpaired) electrons. The molecule has 9 heteroatoms. The number of aryl methyl sites for hydroxylation is 1. The summed E-state index contributed by atoms with van der Waals surface area (Å²) < 4.78 is 16.2. The molecule has 0 bridgehead atoms. The van der Waals surface area contributed by atoms with Gasteiger partial charge in [-0.1, -0.05) is 24.2 Å². The zero-order valence-electron chi connectivity index (χ0n) is 18.0. The van der Waals surface area contributed by atoms with Crippen LogP contribution in [0.2, 0.25) is 0 Å². The number of nitrogens with zero attached hydrogens (tertiary/aromatic N) is 2. The molecule has 0 saturated heterocycles. The van der Waals surface area contributed by atoms with Crippen LogP contribution in [0, 0.1) is 0 Å². The number of ether oxygens (including phenoxy) is 2. The van der Waals surface area contributed by atoms with E-state index in [9.17, 15) is 14.7 Å². The second-order valence-electron chi connectivity index (χ2n) is 7.19. The van der Waals surface area contributed by atoms with Crippen LogP contribution >= 0.6 is 0 Å². The number of benzene rings is 2. The van der Waals surface area contributed by atoms with Crippen molar-refractivity contribution >= 4 is 28.6 Å². The quantitative estimate of drug-likeness (QED) is 0.406. The molecule has 2 aromatic heterocycles. The fourth-order valence-electron chi connectivity index (χ4n) is 3.29. The Morgan fingerprint density at radius 1 is 1.09 bits per heavy atom. The maximum absolute atomic E-state index is 12.3. The molecule has 2 N–H and O–H groups in total. The molecule has 0 fully saturated rings. The molecule has 0 aliphatic rings. The number of hydrogen-bond donors (Lipinski definition) is 2. The van der Waals surface area contributed by atoms with Gasteiger partial charge < -0.3 is 24.4 Å². The van der Waals surface area contributed by atoms with Gasteiger partial charge in [-0.05, 0) is 29.8 Å². The fraction of sp³-hybridized carbons (Fsp3) is 0.167. The molecule has 9 nitrogen and oxygen atoms in total. The van der Waals surface area contributed by atoms with Crippen LogP contribution in [0.1, 0.15) is 28.6 Å². The predicted molar refractivity (Wildman–Crippen MR) is 120 cm³/mol. The van der Waals surface area contributed by atoms with Gasteiger partial charge in [-0.3, -0.25) is 9.78 Å². The molecule has 1 amide bonds. The first-order valence-corrected chi connectivity index (χ1v) is 10.2. The number of pyridine rings is 1. The topological polar surface area (TPSA) is 124 Å². The smallest absolute Gasteiger partial charge is 0.339 e.